The molecule has 0 saturated carbocycles. The van der Waals surface area contributed by atoms with Gasteiger partial charge in [-0.25, -0.2) is 8.42 Å². The molecule has 1 aliphatic rings. The zero-order valence-electron chi connectivity index (χ0n) is 18.3. The lowest BCUT2D eigenvalue weighted by Crippen LogP contribution is -2.45. The maximum atomic E-state index is 13.0. The summed E-state index contributed by atoms with van der Waals surface area (Å²) in [5, 5.41) is 2.87. The van der Waals surface area contributed by atoms with Crippen molar-refractivity contribution in [1.82, 2.24) is 9.62 Å². The Balaban J connectivity index is 1.51. The number of carbonyl (C=O) groups is 1. The van der Waals surface area contributed by atoms with E-state index in [1.807, 2.05) is 32.0 Å². The summed E-state index contributed by atoms with van der Waals surface area (Å²) in [5.74, 6) is 0.853. The highest BCUT2D eigenvalue weighted by Crippen LogP contribution is 2.25. The fourth-order valence-corrected chi connectivity index (χ4v) is 5.09. The number of benzene rings is 2. The lowest BCUT2D eigenvalue weighted by atomic mass is 9.99. The molecule has 2 aromatic carbocycles. The summed E-state index contributed by atoms with van der Waals surface area (Å²) in [6.07, 6.45) is 1.31. The third-order valence-corrected chi connectivity index (χ3v) is 7.48. The molecule has 1 amide bonds. The molecule has 0 spiro atoms. The van der Waals surface area contributed by atoms with Crippen molar-refractivity contribution in [2.45, 2.75) is 31.6 Å². The van der Waals surface area contributed by atoms with Gasteiger partial charge in [-0.05, 0) is 74.2 Å². The number of hydrogen-bond donors (Lipinski definition) is 1. The van der Waals surface area contributed by atoms with Crippen LogP contribution in [0.1, 0.15) is 24.0 Å². The fourth-order valence-electron chi connectivity index (χ4n) is 3.56. The number of nitrogens with one attached hydrogen (secondary N) is 1. The van der Waals surface area contributed by atoms with Crippen molar-refractivity contribution in [2.24, 2.45) is 5.92 Å². The van der Waals surface area contributed by atoms with Gasteiger partial charge in [0, 0.05) is 13.1 Å². The second-order valence-corrected chi connectivity index (χ2v) is 9.70. The molecule has 0 bridgehead atoms. The Bertz CT molecular complexity index is 1010. The Morgan fingerprint density at radius 3 is 2.48 bits per heavy atom. The number of piperidine rings is 1. The van der Waals surface area contributed by atoms with Crippen molar-refractivity contribution in [3.05, 3.63) is 53.6 Å². The molecule has 0 unspecified atom stereocenters. The molecule has 8 heteroatoms. The first-order valence-corrected chi connectivity index (χ1v) is 11.9. The number of rotatable bonds is 8. The van der Waals surface area contributed by atoms with Gasteiger partial charge in [0.1, 0.15) is 18.1 Å². The van der Waals surface area contributed by atoms with Gasteiger partial charge in [-0.1, -0.05) is 6.07 Å². The standard InChI is InChI=1S/C23H30N2O5S/c1-17-6-7-21(15-18(17)2)30-14-12-24-23(26)19-5-4-13-25(16-19)31(27,28)22-10-8-20(29-3)9-11-22/h6-11,15,19H,4-5,12-14,16H2,1-3H3,(H,24,26)/t19-/m1/s1. The monoisotopic (exact) mass is 446 g/mol. The number of aryl methyl sites for hydroxylation is 2. The lowest BCUT2D eigenvalue weighted by molar-refractivity contribution is -0.126. The largest absolute Gasteiger partial charge is 0.497 e. The maximum absolute atomic E-state index is 13.0. The molecule has 0 radical (unpaired) electrons. The Morgan fingerprint density at radius 2 is 1.81 bits per heavy atom. The molecule has 1 N–H and O–H groups in total. The highest BCUT2D eigenvalue weighted by molar-refractivity contribution is 7.89. The van der Waals surface area contributed by atoms with Crippen LogP contribution in [0.25, 0.3) is 0 Å². The topological polar surface area (TPSA) is 84.9 Å². The van der Waals surface area contributed by atoms with Crippen LogP contribution in [0.2, 0.25) is 0 Å². The van der Waals surface area contributed by atoms with Gasteiger partial charge in [0.15, 0.2) is 0 Å². The summed E-state index contributed by atoms with van der Waals surface area (Å²) >= 11 is 0. The van der Waals surface area contributed by atoms with Gasteiger partial charge in [0.05, 0.1) is 24.5 Å². The molecule has 2 aromatic rings. The molecule has 0 aliphatic carbocycles. The van der Waals surface area contributed by atoms with Crippen LogP contribution in [-0.2, 0) is 14.8 Å². The van der Waals surface area contributed by atoms with Gasteiger partial charge >= 0.3 is 0 Å². The first-order valence-electron chi connectivity index (χ1n) is 10.4. The van der Waals surface area contributed by atoms with Gasteiger partial charge in [0.2, 0.25) is 15.9 Å². The maximum Gasteiger partial charge on any atom is 0.243 e. The molecule has 1 atom stereocenters. The number of carbonyl (C=O) groups excluding carboxylic acids is 1. The molecule has 1 saturated heterocycles. The van der Waals surface area contributed by atoms with E-state index in [0.717, 1.165) is 11.3 Å². The first kappa shape index (κ1) is 23.1. The van der Waals surface area contributed by atoms with E-state index in [-0.39, 0.29) is 23.3 Å². The quantitative estimate of drug-likeness (QED) is 0.631. The van der Waals surface area contributed by atoms with Crippen molar-refractivity contribution in [3.8, 4) is 11.5 Å². The van der Waals surface area contributed by atoms with E-state index in [9.17, 15) is 13.2 Å². The van der Waals surface area contributed by atoms with Gasteiger partial charge in [-0.3, -0.25) is 4.79 Å². The second kappa shape index (κ2) is 10.2. The molecule has 0 aromatic heterocycles. The Labute approximate surface area is 184 Å². The molecule has 168 valence electrons. The molecule has 31 heavy (non-hydrogen) atoms. The molecule has 1 heterocycles. The van der Waals surface area contributed by atoms with E-state index in [1.54, 1.807) is 12.1 Å². The van der Waals surface area contributed by atoms with Crippen LogP contribution in [0.15, 0.2) is 47.4 Å². The van der Waals surface area contributed by atoms with Crippen LogP contribution in [0, 0.1) is 19.8 Å². The zero-order valence-corrected chi connectivity index (χ0v) is 19.1. The summed E-state index contributed by atoms with van der Waals surface area (Å²) in [6, 6.07) is 12.2. The van der Waals surface area contributed by atoms with Gasteiger partial charge in [-0.2, -0.15) is 4.31 Å². The highest BCUT2D eigenvalue weighted by Gasteiger charge is 2.33. The van der Waals surface area contributed by atoms with E-state index in [1.165, 1.54) is 29.1 Å². The van der Waals surface area contributed by atoms with Crippen LogP contribution < -0.4 is 14.8 Å². The zero-order chi connectivity index (χ0) is 22.4. The van der Waals surface area contributed by atoms with Crippen LogP contribution in [0.4, 0.5) is 0 Å². The molecule has 1 aliphatic heterocycles. The normalized spacial score (nSPS) is 17.2. The lowest BCUT2D eigenvalue weighted by Gasteiger charge is -2.31. The number of sulfonamides is 1. The van der Waals surface area contributed by atoms with E-state index >= 15 is 0 Å². The number of hydrogen-bond acceptors (Lipinski definition) is 5. The van der Waals surface area contributed by atoms with Crippen LogP contribution >= 0.6 is 0 Å². The van der Waals surface area contributed by atoms with E-state index < -0.39 is 10.0 Å². The Hall–Kier alpha value is -2.58. The van der Waals surface area contributed by atoms with Crippen molar-refractivity contribution in [3.63, 3.8) is 0 Å². The number of methoxy groups -OCH3 is 1. The van der Waals surface area contributed by atoms with Crippen molar-refractivity contribution >= 4 is 15.9 Å². The van der Waals surface area contributed by atoms with E-state index in [0.29, 0.717) is 38.3 Å². The van der Waals surface area contributed by atoms with Crippen LogP contribution in [0.3, 0.4) is 0 Å². The third-order valence-electron chi connectivity index (χ3n) is 5.60. The molecule has 7 nitrogen and oxygen atoms in total. The second-order valence-electron chi connectivity index (χ2n) is 7.76. The van der Waals surface area contributed by atoms with Crippen molar-refractivity contribution < 1.29 is 22.7 Å². The number of nitrogens with zero attached hydrogens (tertiary/aromatic N) is 1. The van der Waals surface area contributed by atoms with Gasteiger partial charge < -0.3 is 14.8 Å². The van der Waals surface area contributed by atoms with Crippen molar-refractivity contribution in [1.29, 1.82) is 0 Å². The predicted octanol–water partition coefficient (Wildman–Crippen LogP) is 2.91. The number of amides is 1. The average Bonchev–Trinajstić information content (AvgIpc) is 2.79. The Morgan fingerprint density at radius 1 is 1.10 bits per heavy atom. The van der Waals surface area contributed by atoms with Crippen molar-refractivity contribution in [2.75, 3.05) is 33.4 Å². The summed E-state index contributed by atoms with van der Waals surface area (Å²) in [5.41, 5.74) is 2.36. The Kier molecular flexibility index (Phi) is 7.56. The third kappa shape index (κ3) is 5.77. The van der Waals surface area contributed by atoms with Crippen LogP contribution in [-0.4, -0.2) is 52.0 Å². The molecular weight excluding hydrogens is 416 g/mol. The summed E-state index contributed by atoms with van der Waals surface area (Å²) in [4.78, 5) is 12.8. The number of ether oxygens (including phenoxy) is 2. The molecule has 3 rings (SSSR count). The smallest absolute Gasteiger partial charge is 0.243 e. The van der Waals surface area contributed by atoms with E-state index in [4.69, 9.17) is 9.47 Å². The van der Waals surface area contributed by atoms with Crippen LogP contribution in [0.5, 0.6) is 11.5 Å². The summed E-state index contributed by atoms with van der Waals surface area (Å²) < 4.78 is 38.1. The average molecular weight is 447 g/mol. The minimum atomic E-state index is -3.65. The summed E-state index contributed by atoms with van der Waals surface area (Å²) in [6.45, 7) is 5.38. The highest BCUT2D eigenvalue weighted by atomic mass is 32.2. The molecular formula is C23H30N2O5S. The van der Waals surface area contributed by atoms with Gasteiger partial charge in [-0.15, -0.1) is 0 Å². The SMILES string of the molecule is COc1ccc(S(=O)(=O)N2CCC[C@@H](C(=O)NCCOc3ccc(C)c(C)c3)C2)cc1. The summed E-state index contributed by atoms with van der Waals surface area (Å²) in [7, 11) is -2.12. The predicted molar refractivity (Wildman–Crippen MR) is 119 cm³/mol. The molecule has 1 fully saturated rings. The fraction of sp³-hybridized carbons (Fsp3) is 0.435. The minimum absolute atomic E-state index is 0.140. The minimum Gasteiger partial charge on any atom is -0.497 e. The first-order chi connectivity index (χ1) is 14.8. The van der Waals surface area contributed by atoms with E-state index in [2.05, 4.69) is 5.32 Å². The van der Waals surface area contributed by atoms with Gasteiger partial charge in [0.25, 0.3) is 0 Å².